The quantitative estimate of drug-likeness (QED) is 0.128. The molecule has 0 bridgehead atoms. The van der Waals surface area contributed by atoms with Crippen LogP contribution >= 0.6 is 34.8 Å². The first kappa shape index (κ1) is 41.4. The number of hydrogen-bond donors (Lipinski definition) is 4. The molecule has 2 unspecified atom stereocenters. The van der Waals surface area contributed by atoms with Crippen LogP contribution in [0.2, 0.25) is 15.1 Å². The molecule has 14 heteroatoms. The molecule has 4 amide bonds. The van der Waals surface area contributed by atoms with Crippen molar-refractivity contribution in [2.45, 2.75) is 91.1 Å². The largest absolute Gasteiger partial charge is 0.480 e. The fourth-order valence-electron chi connectivity index (χ4n) is 5.69. The molecule has 4 rings (SSSR count). The van der Waals surface area contributed by atoms with Gasteiger partial charge in [-0.05, 0) is 78.5 Å². The molecule has 3 aromatic rings. The van der Waals surface area contributed by atoms with E-state index in [0.717, 1.165) is 23.4 Å². The molecule has 0 saturated carbocycles. The summed E-state index contributed by atoms with van der Waals surface area (Å²) in [6, 6.07) is 15.3. The van der Waals surface area contributed by atoms with E-state index in [1.807, 2.05) is 13.0 Å². The topological polar surface area (TPSA) is 149 Å². The van der Waals surface area contributed by atoms with Gasteiger partial charge in [0.2, 0.25) is 0 Å². The van der Waals surface area contributed by atoms with Gasteiger partial charge in [0.05, 0.1) is 10.0 Å². The van der Waals surface area contributed by atoms with E-state index in [1.165, 1.54) is 23.8 Å². The van der Waals surface area contributed by atoms with Crippen molar-refractivity contribution in [3.63, 3.8) is 0 Å². The Hall–Kier alpha value is -4.32. The van der Waals surface area contributed by atoms with E-state index >= 15 is 0 Å². The summed E-state index contributed by atoms with van der Waals surface area (Å²) in [7, 11) is 0. The lowest BCUT2D eigenvalue weighted by molar-refractivity contribution is -0.123. The van der Waals surface area contributed by atoms with Crippen LogP contribution in [0.1, 0.15) is 95.6 Å². The molecular formula is C39H46Cl3N5O6. The number of anilines is 2. The first-order valence-corrected chi connectivity index (χ1v) is 18.6. The second kappa shape index (κ2) is 17.2. The third-order valence-electron chi connectivity index (χ3n) is 9.77. The molecule has 3 aromatic carbocycles. The number of amidine groups is 1. The Balaban J connectivity index is 1.55. The van der Waals surface area contributed by atoms with Crippen molar-refractivity contribution in [1.29, 1.82) is 0 Å². The highest BCUT2D eigenvalue weighted by molar-refractivity contribution is 6.42. The Morgan fingerprint density at radius 3 is 2.19 bits per heavy atom. The predicted octanol–water partition coefficient (Wildman–Crippen LogP) is 9.18. The van der Waals surface area contributed by atoms with Gasteiger partial charge in [0.15, 0.2) is 6.10 Å². The maximum atomic E-state index is 13.6. The highest BCUT2D eigenvalue weighted by Crippen LogP contribution is 2.40. The number of hydrogen-bond acceptors (Lipinski definition) is 6. The van der Waals surface area contributed by atoms with E-state index in [4.69, 9.17) is 44.6 Å². The number of halogens is 3. The van der Waals surface area contributed by atoms with E-state index in [0.29, 0.717) is 17.9 Å². The normalized spacial score (nSPS) is 15.1. The summed E-state index contributed by atoms with van der Waals surface area (Å²) in [5.74, 6) is -2.01. The standard InChI is InChI=1S/C39H46Cl3N5O6/c1-8-30(53-31-15-14-23(38(4,5)9-2)19-27(31)39(6,7)10-3)35(49)44-25-13-11-12-22(18-25)34(48)45-33-26(16-17-43-37(51)52)36(50)47(46-33)32-28(41)20-24(40)21-29(32)42/h11-15,18-21,26,30,43H,8-10,16-17H2,1-7H3,(H,44,49)(H,51,52)(H,45,46,48). The summed E-state index contributed by atoms with van der Waals surface area (Å²) in [5, 5.41) is 22.5. The van der Waals surface area contributed by atoms with E-state index in [-0.39, 0.29) is 61.9 Å². The van der Waals surface area contributed by atoms with Gasteiger partial charge in [0.25, 0.3) is 17.7 Å². The van der Waals surface area contributed by atoms with Gasteiger partial charge < -0.3 is 25.8 Å². The maximum absolute atomic E-state index is 13.6. The third kappa shape index (κ3) is 9.82. The Labute approximate surface area is 325 Å². The number of nitrogens with zero attached hydrogens (tertiary/aromatic N) is 2. The first-order chi connectivity index (χ1) is 24.9. The van der Waals surface area contributed by atoms with E-state index in [2.05, 4.69) is 74.7 Å². The Morgan fingerprint density at radius 1 is 0.925 bits per heavy atom. The number of carboxylic acid groups (broad SMARTS) is 1. The number of nitrogens with one attached hydrogen (secondary N) is 3. The SMILES string of the molecule is CCC(Oc1ccc(C(C)(C)CC)cc1C(C)(C)CC)C(=O)Nc1cccc(C(=O)NC2=NN(c3c(Cl)cc(Cl)cc3Cl)C(=O)C2CCNC(=O)O)c1. The van der Waals surface area contributed by atoms with Crippen LogP contribution in [0.5, 0.6) is 5.75 Å². The molecule has 53 heavy (non-hydrogen) atoms. The number of carbonyl (C=O) groups excluding carboxylic acids is 3. The molecule has 1 aliphatic rings. The minimum Gasteiger partial charge on any atom is -0.480 e. The highest BCUT2D eigenvalue weighted by Gasteiger charge is 2.39. The van der Waals surface area contributed by atoms with Crippen molar-refractivity contribution in [2.24, 2.45) is 11.0 Å². The van der Waals surface area contributed by atoms with Crippen LogP contribution in [-0.2, 0) is 20.4 Å². The molecule has 11 nitrogen and oxygen atoms in total. The molecule has 284 valence electrons. The summed E-state index contributed by atoms with van der Waals surface area (Å²) >= 11 is 18.8. The molecular weight excluding hydrogens is 741 g/mol. The van der Waals surface area contributed by atoms with E-state index < -0.39 is 29.9 Å². The lowest BCUT2D eigenvalue weighted by Gasteiger charge is -2.31. The van der Waals surface area contributed by atoms with Gasteiger partial charge in [0.1, 0.15) is 23.2 Å². The van der Waals surface area contributed by atoms with Crippen molar-refractivity contribution in [1.82, 2.24) is 10.6 Å². The van der Waals surface area contributed by atoms with Crippen molar-refractivity contribution >= 4 is 75.8 Å². The fraction of sp³-hybridized carbons (Fsp3) is 0.410. The van der Waals surface area contributed by atoms with Crippen LogP contribution in [0.15, 0.2) is 59.7 Å². The Kier molecular flexibility index (Phi) is 13.5. The minimum absolute atomic E-state index is 0.0195. The van der Waals surface area contributed by atoms with Gasteiger partial charge >= 0.3 is 6.09 Å². The molecule has 0 radical (unpaired) electrons. The van der Waals surface area contributed by atoms with Crippen LogP contribution in [-0.4, -0.2) is 47.4 Å². The van der Waals surface area contributed by atoms with Gasteiger partial charge in [0, 0.05) is 28.4 Å². The lowest BCUT2D eigenvalue weighted by atomic mass is 9.76. The van der Waals surface area contributed by atoms with E-state index in [9.17, 15) is 19.2 Å². The number of hydrazone groups is 1. The molecule has 4 N–H and O–H groups in total. The maximum Gasteiger partial charge on any atom is 0.404 e. The monoisotopic (exact) mass is 785 g/mol. The molecule has 0 saturated heterocycles. The zero-order valence-corrected chi connectivity index (χ0v) is 33.2. The predicted molar refractivity (Wildman–Crippen MR) is 211 cm³/mol. The van der Waals surface area contributed by atoms with E-state index in [1.54, 1.807) is 18.2 Å². The number of benzene rings is 3. The molecule has 0 aliphatic carbocycles. The fourth-order valence-corrected chi connectivity index (χ4v) is 6.66. The summed E-state index contributed by atoms with van der Waals surface area (Å²) in [6.07, 6.45) is 0.128. The lowest BCUT2D eigenvalue weighted by Crippen LogP contribution is -2.38. The van der Waals surface area contributed by atoms with Crippen LogP contribution < -0.4 is 25.7 Å². The van der Waals surface area contributed by atoms with Crippen LogP contribution in [0.3, 0.4) is 0 Å². The average molecular weight is 787 g/mol. The smallest absolute Gasteiger partial charge is 0.404 e. The summed E-state index contributed by atoms with van der Waals surface area (Å²) in [6.45, 7) is 14.8. The van der Waals surface area contributed by atoms with Gasteiger partial charge in [-0.3, -0.25) is 14.4 Å². The second-order valence-corrected chi connectivity index (χ2v) is 15.4. The molecule has 1 heterocycles. The van der Waals surface area contributed by atoms with Crippen LogP contribution in [0, 0.1) is 5.92 Å². The molecule has 0 aromatic heterocycles. The summed E-state index contributed by atoms with van der Waals surface area (Å²) < 4.78 is 6.41. The third-order valence-corrected chi connectivity index (χ3v) is 10.6. The Bertz CT molecular complexity index is 1890. The van der Waals surface area contributed by atoms with Gasteiger partial charge in [-0.2, -0.15) is 10.1 Å². The molecule has 0 spiro atoms. The van der Waals surface area contributed by atoms with Crippen LogP contribution in [0.25, 0.3) is 0 Å². The molecule has 1 aliphatic heterocycles. The average Bonchev–Trinajstić information content (AvgIpc) is 3.39. The highest BCUT2D eigenvalue weighted by atomic mass is 35.5. The Morgan fingerprint density at radius 2 is 1.58 bits per heavy atom. The summed E-state index contributed by atoms with van der Waals surface area (Å²) in [5.41, 5.74) is 2.60. The van der Waals surface area contributed by atoms with Crippen molar-refractivity contribution in [3.05, 3.63) is 86.4 Å². The molecule has 2 atom stereocenters. The van der Waals surface area contributed by atoms with Crippen LogP contribution in [0.4, 0.5) is 16.2 Å². The van der Waals surface area contributed by atoms with Gasteiger partial charge in [-0.25, -0.2) is 4.79 Å². The number of rotatable bonds is 14. The second-order valence-electron chi connectivity index (χ2n) is 14.2. The zero-order valence-electron chi connectivity index (χ0n) is 30.9. The summed E-state index contributed by atoms with van der Waals surface area (Å²) in [4.78, 5) is 51.8. The van der Waals surface area contributed by atoms with Crippen molar-refractivity contribution < 1.29 is 29.0 Å². The van der Waals surface area contributed by atoms with Crippen molar-refractivity contribution in [3.8, 4) is 5.75 Å². The number of carbonyl (C=O) groups is 4. The number of ether oxygens (including phenoxy) is 1. The zero-order chi connectivity index (χ0) is 39.2. The first-order valence-electron chi connectivity index (χ1n) is 17.5. The van der Waals surface area contributed by atoms with Gasteiger partial charge in [-0.15, -0.1) is 0 Å². The van der Waals surface area contributed by atoms with Crippen molar-refractivity contribution in [2.75, 3.05) is 16.9 Å². The molecule has 0 fully saturated rings. The van der Waals surface area contributed by atoms with Gasteiger partial charge in [-0.1, -0.05) is 101 Å². The number of amides is 4. The minimum atomic E-state index is -1.27.